The molecule has 0 saturated carbocycles. The normalized spacial score (nSPS) is 19.5. The third kappa shape index (κ3) is 15.6. The van der Waals surface area contributed by atoms with Crippen molar-refractivity contribution < 1.29 is 71.3 Å². The summed E-state index contributed by atoms with van der Waals surface area (Å²) in [4.78, 5) is 83.0. The summed E-state index contributed by atoms with van der Waals surface area (Å²) in [5.74, 6) is -1.53. The second-order valence-electron chi connectivity index (χ2n) is 21.0. The average Bonchev–Trinajstić information content (AvgIpc) is 3.84. The van der Waals surface area contributed by atoms with E-state index in [9.17, 15) is 24.0 Å². The molecule has 3 aromatic heterocycles. The number of hydrogen-bond acceptors (Lipinski definition) is 21. The number of ether oxygens (including phenoxy) is 10. The molecule has 4 heterocycles. The molecule has 1 fully saturated rings. The Morgan fingerprint density at radius 3 is 1.99 bits per heavy atom. The van der Waals surface area contributed by atoms with E-state index in [1.165, 1.54) is 17.8 Å². The van der Waals surface area contributed by atoms with Crippen molar-refractivity contribution in [3.8, 4) is 0 Å². The van der Waals surface area contributed by atoms with Gasteiger partial charge in [0.2, 0.25) is 17.2 Å². The van der Waals surface area contributed by atoms with Gasteiger partial charge in [0.15, 0.2) is 41.6 Å². The van der Waals surface area contributed by atoms with E-state index in [0.717, 1.165) is 10.8 Å². The first kappa shape index (κ1) is 55.4. The number of carbonyl (C=O) groups is 5. The van der Waals surface area contributed by atoms with E-state index in [-0.39, 0.29) is 30.3 Å². The van der Waals surface area contributed by atoms with Gasteiger partial charge in [0, 0.05) is 14.7 Å². The van der Waals surface area contributed by atoms with Crippen LogP contribution in [0.2, 0.25) is 31.0 Å². The number of tetrazole rings is 1. The summed E-state index contributed by atoms with van der Waals surface area (Å²) in [7, 11) is -1.39. The summed E-state index contributed by atoms with van der Waals surface area (Å²) in [6.45, 7) is 28.6. The maximum atomic E-state index is 13.8. The van der Waals surface area contributed by atoms with Gasteiger partial charge in [0.05, 0.1) is 19.5 Å². The van der Waals surface area contributed by atoms with E-state index in [4.69, 9.17) is 59.0 Å². The SMILES string of the molecule is CCOC(=O)C(OC[C@H]1O[C@@H](n2cnc3c(N(C(=O)OC(C)(C)C)C(=O)OC(C)(C)C)nc(Cl)nc32)[C@H](OC(=O)OC(C)(C)C)[C@]1(C)OC(=O)OC(C)(C)C)c1nnn(COCC[Si](C)(C)C)n1. The van der Waals surface area contributed by atoms with Crippen LogP contribution in [0.25, 0.3) is 11.2 Å². The van der Waals surface area contributed by atoms with Crippen LogP contribution >= 0.6 is 11.6 Å². The van der Waals surface area contributed by atoms with Gasteiger partial charge in [0.25, 0.3) is 0 Å². The Morgan fingerprint density at radius 1 is 0.868 bits per heavy atom. The zero-order valence-corrected chi connectivity index (χ0v) is 43.7. The van der Waals surface area contributed by atoms with Gasteiger partial charge in [-0.2, -0.15) is 14.9 Å². The number of amides is 2. The second kappa shape index (κ2) is 21.2. The summed E-state index contributed by atoms with van der Waals surface area (Å²) in [5, 5.41) is 11.9. The smallest absolute Gasteiger partial charge is 0.464 e. The molecule has 5 atom stereocenters. The van der Waals surface area contributed by atoms with E-state index in [1.54, 1.807) is 90.0 Å². The van der Waals surface area contributed by atoms with Crippen LogP contribution in [0, 0.1) is 0 Å². The molecule has 0 spiro atoms. The van der Waals surface area contributed by atoms with E-state index >= 15 is 0 Å². The number of halogens is 1. The van der Waals surface area contributed by atoms with Gasteiger partial charge in [-0.05, 0) is 120 Å². The highest BCUT2D eigenvalue weighted by Crippen LogP contribution is 2.45. The summed E-state index contributed by atoms with van der Waals surface area (Å²) < 4.78 is 59.3. The fourth-order valence-electron chi connectivity index (χ4n) is 6.05. The molecule has 1 unspecified atom stereocenters. The van der Waals surface area contributed by atoms with Gasteiger partial charge in [-0.25, -0.2) is 29.0 Å². The van der Waals surface area contributed by atoms with E-state index in [1.807, 2.05) is 0 Å². The molecule has 0 N–H and O–H groups in total. The predicted molar refractivity (Wildman–Crippen MR) is 243 cm³/mol. The number of imidazole rings is 1. The lowest BCUT2D eigenvalue weighted by atomic mass is 9.94. The zero-order valence-electron chi connectivity index (χ0n) is 41.9. The fourth-order valence-corrected chi connectivity index (χ4v) is 6.97. The first-order valence-electron chi connectivity index (χ1n) is 21.9. The van der Waals surface area contributed by atoms with Crippen LogP contribution in [-0.4, -0.2) is 138 Å². The summed E-state index contributed by atoms with van der Waals surface area (Å²) in [6.07, 6.45) is -9.95. The van der Waals surface area contributed by atoms with E-state index in [2.05, 4.69) is 50.0 Å². The third-order valence-corrected chi connectivity index (χ3v) is 10.8. The number of carbonyl (C=O) groups excluding carboxylic acids is 5. The molecule has 26 heteroatoms. The molecule has 0 bridgehead atoms. The number of imide groups is 1. The van der Waals surface area contributed by atoms with Gasteiger partial charge in [0.1, 0.15) is 28.5 Å². The molecule has 1 aliphatic heterocycles. The largest absolute Gasteiger partial charge is 0.509 e. The van der Waals surface area contributed by atoms with Crippen molar-refractivity contribution in [2.24, 2.45) is 0 Å². The molecule has 4 rings (SSSR count). The first-order valence-corrected chi connectivity index (χ1v) is 25.9. The molecule has 68 heavy (non-hydrogen) atoms. The van der Waals surface area contributed by atoms with Crippen molar-refractivity contribution in [1.82, 2.24) is 39.7 Å². The summed E-state index contributed by atoms with van der Waals surface area (Å²) in [6, 6.07) is 0.890. The molecular formula is C42H66ClN9O15Si. The lowest BCUT2D eigenvalue weighted by Crippen LogP contribution is -2.53. The average molecular weight is 1000 g/mol. The van der Waals surface area contributed by atoms with Crippen molar-refractivity contribution in [2.75, 3.05) is 24.7 Å². The number of fused-ring (bicyclic) bond motifs is 1. The zero-order chi connectivity index (χ0) is 51.4. The highest BCUT2D eigenvalue weighted by molar-refractivity contribution is 6.76. The monoisotopic (exact) mass is 999 g/mol. The van der Waals surface area contributed by atoms with Crippen LogP contribution in [0.4, 0.5) is 25.0 Å². The predicted octanol–water partition coefficient (Wildman–Crippen LogP) is 7.70. The Morgan fingerprint density at radius 2 is 1.44 bits per heavy atom. The molecule has 380 valence electrons. The molecule has 0 aromatic carbocycles. The molecule has 24 nitrogen and oxygen atoms in total. The number of anilines is 1. The number of aromatic nitrogens is 8. The fraction of sp³-hybridized carbons (Fsp3) is 0.738. The molecule has 0 radical (unpaired) electrons. The molecule has 1 saturated heterocycles. The standard InChI is InChI=1S/C42H66ClN9O15Si/c1-18-59-32(53)26(28-47-49-51(48-28)23-58-19-20-68(15,16)17)60-21-24-42(14,67-37(57)66-41(11,12)13)27(62-36(56)65-40(8,9)10)31(61-24)50-22-44-25-29(50)45-33(43)46-30(25)52(34(54)63-38(2,3)4)35(55)64-39(5,6)7/h22,24,26-27,31H,18-21,23H2,1-17H3/t24-,26?,27+,31-,42-/m1/s1. The van der Waals surface area contributed by atoms with Crippen molar-refractivity contribution in [3.05, 3.63) is 17.4 Å². The number of nitrogens with zero attached hydrogens (tertiary/aromatic N) is 9. The van der Waals surface area contributed by atoms with Crippen molar-refractivity contribution in [2.45, 2.75) is 182 Å². The molecule has 3 aromatic rings. The van der Waals surface area contributed by atoms with Crippen LogP contribution in [0.5, 0.6) is 0 Å². The van der Waals surface area contributed by atoms with E-state index < -0.39 is 109 Å². The number of hydrogen-bond donors (Lipinski definition) is 0. The number of rotatable bonds is 15. The molecule has 2 amide bonds. The highest BCUT2D eigenvalue weighted by Gasteiger charge is 2.61. The van der Waals surface area contributed by atoms with Gasteiger partial charge < -0.3 is 47.4 Å². The maximum Gasteiger partial charge on any atom is 0.509 e. The summed E-state index contributed by atoms with van der Waals surface area (Å²) >= 11 is 6.53. The van der Waals surface area contributed by atoms with Crippen LogP contribution in [0.15, 0.2) is 6.33 Å². The van der Waals surface area contributed by atoms with Gasteiger partial charge >= 0.3 is 30.5 Å². The molecule has 0 aliphatic carbocycles. The van der Waals surface area contributed by atoms with Crippen LogP contribution < -0.4 is 4.90 Å². The lowest BCUT2D eigenvalue weighted by molar-refractivity contribution is -0.167. The maximum absolute atomic E-state index is 13.8. The first-order chi connectivity index (χ1) is 31.1. The van der Waals surface area contributed by atoms with Crippen LogP contribution in [0.3, 0.4) is 0 Å². The van der Waals surface area contributed by atoms with Crippen molar-refractivity contribution in [3.63, 3.8) is 0 Å². The van der Waals surface area contributed by atoms with E-state index in [0.29, 0.717) is 11.5 Å². The minimum Gasteiger partial charge on any atom is -0.464 e. The Balaban J connectivity index is 1.88. The van der Waals surface area contributed by atoms with Crippen LogP contribution in [0.1, 0.15) is 115 Å². The van der Waals surface area contributed by atoms with Gasteiger partial charge in [-0.15, -0.1) is 15.0 Å². The quantitative estimate of drug-likeness (QED) is 0.0464. The minimum absolute atomic E-state index is 0.0424. The Hall–Kier alpha value is -5.24. The van der Waals surface area contributed by atoms with Gasteiger partial charge in [-0.3, -0.25) is 4.57 Å². The van der Waals surface area contributed by atoms with Gasteiger partial charge in [-0.1, -0.05) is 19.6 Å². The molecule has 1 aliphatic rings. The Kier molecular flexibility index (Phi) is 17.2. The lowest BCUT2D eigenvalue weighted by Gasteiger charge is -2.35. The van der Waals surface area contributed by atoms with Crippen molar-refractivity contribution in [1.29, 1.82) is 0 Å². The Bertz CT molecular complexity index is 2250. The number of esters is 1. The Labute approximate surface area is 401 Å². The van der Waals surface area contributed by atoms with Crippen LogP contribution in [-0.2, 0) is 58.9 Å². The summed E-state index contributed by atoms with van der Waals surface area (Å²) in [5.41, 5.74) is -6.78. The third-order valence-electron chi connectivity index (χ3n) is 8.91. The second-order valence-corrected chi connectivity index (χ2v) is 27.0. The topological polar surface area (TPSA) is 268 Å². The molecular weight excluding hydrogens is 934 g/mol. The highest BCUT2D eigenvalue weighted by atomic mass is 35.5. The minimum atomic E-state index is -2.08. The van der Waals surface area contributed by atoms with Crippen molar-refractivity contribution >= 4 is 67.1 Å².